The van der Waals surface area contributed by atoms with E-state index in [4.69, 9.17) is 0 Å². The van der Waals surface area contributed by atoms with Gasteiger partial charge in [-0.3, -0.25) is 4.79 Å². The highest BCUT2D eigenvalue weighted by molar-refractivity contribution is 6.03. The van der Waals surface area contributed by atoms with Crippen molar-refractivity contribution in [2.75, 3.05) is 10.6 Å². The summed E-state index contributed by atoms with van der Waals surface area (Å²) in [5.74, 6) is 0.842. The van der Waals surface area contributed by atoms with Crippen molar-refractivity contribution in [1.29, 1.82) is 0 Å². The number of aromatic nitrogens is 3. The van der Waals surface area contributed by atoms with Crippen molar-refractivity contribution < 1.29 is 4.79 Å². The predicted octanol–water partition coefficient (Wildman–Crippen LogP) is 3.18. The first-order valence-electron chi connectivity index (χ1n) is 7.09. The number of pyridine rings is 1. The summed E-state index contributed by atoms with van der Waals surface area (Å²) in [6.07, 6.45) is 4.98. The molecule has 0 unspecified atom stereocenters. The minimum absolute atomic E-state index is 0.203. The van der Waals surface area contributed by atoms with Gasteiger partial charge >= 0.3 is 0 Å². The third kappa shape index (κ3) is 3.88. The Labute approximate surface area is 133 Å². The van der Waals surface area contributed by atoms with E-state index in [0.717, 1.165) is 11.3 Å². The normalized spacial score (nSPS) is 10.1. The maximum atomic E-state index is 12.2. The van der Waals surface area contributed by atoms with Crippen molar-refractivity contribution >= 4 is 23.4 Å². The summed E-state index contributed by atoms with van der Waals surface area (Å²) in [6.45, 7) is 1.95. The number of aryl methyl sites for hydroxylation is 1. The van der Waals surface area contributed by atoms with E-state index in [9.17, 15) is 4.79 Å². The van der Waals surface area contributed by atoms with Crippen molar-refractivity contribution in [3.8, 4) is 0 Å². The van der Waals surface area contributed by atoms with Crippen LogP contribution in [0.15, 0.2) is 61.1 Å². The summed E-state index contributed by atoms with van der Waals surface area (Å²) >= 11 is 0. The lowest BCUT2D eigenvalue weighted by atomic mass is 10.2. The number of hydrogen-bond donors (Lipinski definition) is 2. The number of nitrogens with one attached hydrogen (secondary N) is 2. The lowest BCUT2D eigenvalue weighted by Gasteiger charge is -2.07. The molecule has 3 aromatic rings. The van der Waals surface area contributed by atoms with E-state index in [1.807, 2.05) is 19.1 Å². The molecule has 1 amide bonds. The van der Waals surface area contributed by atoms with Gasteiger partial charge in [-0.1, -0.05) is 0 Å². The Hall–Kier alpha value is -3.28. The zero-order chi connectivity index (χ0) is 16.1. The quantitative estimate of drug-likeness (QED) is 0.774. The number of amides is 1. The molecule has 0 atom stereocenters. The molecule has 0 saturated heterocycles. The molecule has 1 aromatic carbocycles. The average molecular weight is 305 g/mol. The molecule has 2 heterocycles. The van der Waals surface area contributed by atoms with Gasteiger partial charge in [-0.05, 0) is 55.0 Å². The maximum Gasteiger partial charge on any atom is 0.256 e. The summed E-state index contributed by atoms with van der Waals surface area (Å²) in [5.41, 5.74) is 2.40. The van der Waals surface area contributed by atoms with Crippen LogP contribution in [0.3, 0.4) is 0 Å². The lowest BCUT2D eigenvalue weighted by Crippen LogP contribution is -2.12. The Morgan fingerprint density at radius 3 is 2.39 bits per heavy atom. The fourth-order valence-corrected chi connectivity index (χ4v) is 1.99. The first-order valence-corrected chi connectivity index (χ1v) is 7.09. The van der Waals surface area contributed by atoms with E-state index in [-0.39, 0.29) is 5.91 Å². The molecule has 23 heavy (non-hydrogen) atoms. The summed E-state index contributed by atoms with van der Waals surface area (Å²) < 4.78 is 0. The Morgan fingerprint density at radius 1 is 0.957 bits per heavy atom. The van der Waals surface area contributed by atoms with Crippen LogP contribution < -0.4 is 10.6 Å². The van der Waals surface area contributed by atoms with Crippen molar-refractivity contribution in [3.05, 3.63) is 72.2 Å². The minimum atomic E-state index is -0.203. The Morgan fingerprint density at radius 2 is 1.70 bits per heavy atom. The average Bonchev–Trinajstić information content (AvgIpc) is 2.56. The molecule has 2 N–H and O–H groups in total. The molecule has 3 rings (SSSR count). The van der Waals surface area contributed by atoms with Gasteiger partial charge in [0.2, 0.25) is 5.95 Å². The van der Waals surface area contributed by atoms with Crippen molar-refractivity contribution in [2.24, 2.45) is 0 Å². The van der Waals surface area contributed by atoms with Gasteiger partial charge in [0.05, 0.1) is 0 Å². The number of benzene rings is 1. The van der Waals surface area contributed by atoms with E-state index < -0.39 is 0 Å². The number of anilines is 3. The first-order chi connectivity index (χ1) is 11.2. The van der Waals surface area contributed by atoms with Gasteiger partial charge in [-0.15, -0.1) is 0 Å². The van der Waals surface area contributed by atoms with Gasteiger partial charge in [0.15, 0.2) is 0 Å². The maximum absolute atomic E-state index is 12.2. The van der Waals surface area contributed by atoms with Gasteiger partial charge in [0.1, 0.15) is 5.82 Å². The Kier molecular flexibility index (Phi) is 4.24. The van der Waals surface area contributed by atoms with Crippen molar-refractivity contribution in [3.63, 3.8) is 0 Å². The SMILES string of the molecule is Cc1ccnc(NC(=O)c2ccc(Nc3ncccn3)cc2)c1. The van der Waals surface area contributed by atoms with Crippen LogP contribution in [-0.4, -0.2) is 20.9 Å². The number of hydrogen-bond acceptors (Lipinski definition) is 5. The molecule has 0 aliphatic carbocycles. The largest absolute Gasteiger partial charge is 0.324 e. The predicted molar refractivity (Wildman–Crippen MR) is 88.7 cm³/mol. The third-order valence-electron chi connectivity index (χ3n) is 3.13. The van der Waals surface area contributed by atoms with E-state index in [2.05, 4.69) is 25.6 Å². The second kappa shape index (κ2) is 6.65. The standard InChI is InChI=1S/C17H15N5O/c1-12-7-10-18-15(11-12)22-16(23)13-3-5-14(6-4-13)21-17-19-8-2-9-20-17/h2-11H,1H3,(H,18,22,23)(H,19,20,21). The molecule has 6 heteroatoms. The molecule has 2 aromatic heterocycles. The third-order valence-corrected chi connectivity index (χ3v) is 3.13. The van der Waals surface area contributed by atoms with E-state index in [0.29, 0.717) is 17.3 Å². The zero-order valence-electron chi connectivity index (χ0n) is 12.5. The Bertz CT molecular complexity index is 803. The number of rotatable bonds is 4. The summed E-state index contributed by atoms with van der Waals surface area (Å²) in [6, 6.07) is 12.5. The molecule has 0 bridgehead atoms. The topological polar surface area (TPSA) is 79.8 Å². The van der Waals surface area contributed by atoms with Crippen LogP contribution in [0.4, 0.5) is 17.5 Å². The fraction of sp³-hybridized carbons (Fsp3) is 0.0588. The fourth-order valence-electron chi connectivity index (χ4n) is 1.99. The Balaban J connectivity index is 1.68. The minimum Gasteiger partial charge on any atom is -0.324 e. The van der Waals surface area contributed by atoms with Crippen LogP contribution in [-0.2, 0) is 0 Å². The molecular formula is C17H15N5O. The van der Waals surface area contributed by atoms with E-state index in [1.54, 1.807) is 48.9 Å². The molecular weight excluding hydrogens is 290 g/mol. The molecule has 0 saturated carbocycles. The second-order valence-corrected chi connectivity index (χ2v) is 4.95. The van der Waals surface area contributed by atoms with Gasteiger partial charge in [0, 0.05) is 29.8 Å². The molecule has 0 spiro atoms. The highest BCUT2D eigenvalue weighted by atomic mass is 16.1. The van der Waals surface area contributed by atoms with Crippen LogP contribution in [0.5, 0.6) is 0 Å². The first kappa shape index (κ1) is 14.6. The molecule has 0 aliphatic rings. The van der Waals surface area contributed by atoms with Gasteiger partial charge in [0.25, 0.3) is 5.91 Å². The van der Waals surface area contributed by atoms with Gasteiger partial charge in [-0.2, -0.15) is 0 Å². The summed E-state index contributed by atoms with van der Waals surface area (Å²) in [4.78, 5) is 24.5. The molecule has 6 nitrogen and oxygen atoms in total. The summed E-state index contributed by atoms with van der Waals surface area (Å²) in [7, 11) is 0. The van der Waals surface area contributed by atoms with Crippen LogP contribution in [0, 0.1) is 6.92 Å². The second-order valence-electron chi connectivity index (χ2n) is 4.95. The van der Waals surface area contributed by atoms with Crippen molar-refractivity contribution in [1.82, 2.24) is 15.0 Å². The van der Waals surface area contributed by atoms with Gasteiger partial charge in [-0.25, -0.2) is 15.0 Å². The number of nitrogens with zero attached hydrogens (tertiary/aromatic N) is 3. The smallest absolute Gasteiger partial charge is 0.256 e. The highest BCUT2D eigenvalue weighted by Gasteiger charge is 2.07. The number of carbonyl (C=O) groups excluding carboxylic acids is 1. The monoisotopic (exact) mass is 305 g/mol. The van der Waals surface area contributed by atoms with Crippen LogP contribution >= 0.6 is 0 Å². The molecule has 0 fully saturated rings. The van der Waals surface area contributed by atoms with E-state index in [1.165, 1.54) is 0 Å². The van der Waals surface area contributed by atoms with Crippen molar-refractivity contribution in [2.45, 2.75) is 6.92 Å². The van der Waals surface area contributed by atoms with Crippen LogP contribution in [0.2, 0.25) is 0 Å². The zero-order valence-corrected chi connectivity index (χ0v) is 12.5. The van der Waals surface area contributed by atoms with E-state index >= 15 is 0 Å². The summed E-state index contributed by atoms with van der Waals surface area (Å²) in [5, 5.41) is 5.83. The molecule has 0 radical (unpaired) electrons. The molecule has 0 aliphatic heterocycles. The number of carbonyl (C=O) groups is 1. The lowest BCUT2D eigenvalue weighted by molar-refractivity contribution is 0.102. The van der Waals surface area contributed by atoms with Crippen LogP contribution in [0.25, 0.3) is 0 Å². The van der Waals surface area contributed by atoms with Crippen LogP contribution in [0.1, 0.15) is 15.9 Å². The molecule has 114 valence electrons. The van der Waals surface area contributed by atoms with Gasteiger partial charge < -0.3 is 10.6 Å². The highest BCUT2D eigenvalue weighted by Crippen LogP contribution is 2.14.